The Hall–Kier alpha value is -1.03. The largest absolute Gasteiger partial charge is 0.339 e. The number of nitrogens with one attached hydrogen (secondary N) is 1. The molecule has 0 aliphatic rings. The Morgan fingerprint density at radius 1 is 1.27 bits per heavy atom. The average Bonchev–Trinajstić information content (AvgIpc) is 2.60. The number of benzene rings is 1. The third kappa shape index (κ3) is 2.00. The minimum Gasteiger partial charge on any atom is -0.339 e. The van der Waals surface area contributed by atoms with Gasteiger partial charge in [-0.3, -0.25) is 0 Å². The molecule has 78 valence electrons. The molecule has 1 aromatic carbocycles. The second-order valence-electron chi connectivity index (χ2n) is 3.04. The Kier molecular flexibility index (Phi) is 2.95. The summed E-state index contributed by atoms with van der Waals surface area (Å²) in [5.41, 5.74) is 7.03. The minimum atomic E-state index is 0.330. The van der Waals surface area contributed by atoms with Crippen molar-refractivity contribution in [3.8, 4) is 11.4 Å². The van der Waals surface area contributed by atoms with Crippen molar-refractivity contribution in [3.05, 3.63) is 40.1 Å². The molecule has 3 nitrogen and oxygen atoms in total. The van der Waals surface area contributed by atoms with Gasteiger partial charge in [-0.15, -0.1) is 0 Å². The number of imidazole rings is 1. The Morgan fingerprint density at radius 3 is 2.60 bits per heavy atom. The molecule has 0 saturated carbocycles. The molecule has 15 heavy (non-hydrogen) atoms. The van der Waals surface area contributed by atoms with Crippen molar-refractivity contribution in [3.63, 3.8) is 0 Å². The van der Waals surface area contributed by atoms with E-state index in [2.05, 4.69) is 9.97 Å². The van der Waals surface area contributed by atoms with Crippen LogP contribution in [0.5, 0.6) is 0 Å². The smallest absolute Gasteiger partial charge is 0.152 e. The molecule has 0 unspecified atom stereocenters. The number of rotatable bonds is 2. The van der Waals surface area contributed by atoms with Crippen LogP contribution < -0.4 is 5.73 Å². The number of aromatic amines is 1. The molecule has 0 aliphatic heterocycles. The predicted octanol–water partition coefficient (Wildman–Crippen LogP) is 2.84. The van der Waals surface area contributed by atoms with Crippen LogP contribution in [0.2, 0.25) is 10.2 Å². The second-order valence-corrected chi connectivity index (χ2v) is 3.80. The molecule has 0 saturated heterocycles. The Balaban J connectivity index is 2.50. The first kappa shape index (κ1) is 10.5. The number of nitrogens with zero attached hydrogens (tertiary/aromatic N) is 1. The van der Waals surface area contributed by atoms with E-state index >= 15 is 0 Å². The van der Waals surface area contributed by atoms with Crippen LogP contribution in [0.15, 0.2) is 24.3 Å². The zero-order chi connectivity index (χ0) is 10.8. The first-order chi connectivity index (χ1) is 7.22. The molecule has 0 fully saturated rings. The van der Waals surface area contributed by atoms with E-state index in [4.69, 9.17) is 28.9 Å². The van der Waals surface area contributed by atoms with Crippen molar-refractivity contribution < 1.29 is 0 Å². The van der Waals surface area contributed by atoms with E-state index in [-0.39, 0.29) is 0 Å². The van der Waals surface area contributed by atoms with Gasteiger partial charge >= 0.3 is 0 Å². The predicted molar refractivity (Wildman–Crippen MR) is 61.9 cm³/mol. The number of nitrogens with two attached hydrogens (primary N) is 1. The third-order valence-electron chi connectivity index (χ3n) is 2.06. The highest BCUT2D eigenvalue weighted by atomic mass is 35.5. The number of hydrogen-bond donors (Lipinski definition) is 2. The first-order valence-corrected chi connectivity index (χ1v) is 5.17. The summed E-state index contributed by atoms with van der Waals surface area (Å²) in [4.78, 5) is 7.19. The molecular formula is C10H9Cl2N3. The van der Waals surface area contributed by atoms with Crippen LogP contribution in [0.1, 0.15) is 5.69 Å². The van der Waals surface area contributed by atoms with E-state index in [9.17, 15) is 0 Å². The lowest BCUT2D eigenvalue weighted by Crippen LogP contribution is -1.96. The Labute approximate surface area is 97.2 Å². The van der Waals surface area contributed by atoms with Gasteiger partial charge in [-0.2, -0.15) is 0 Å². The number of aromatic nitrogens is 2. The van der Waals surface area contributed by atoms with E-state index in [0.29, 0.717) is 28.2 Å². The van der Waals surface area contributed by atoms with Crippen LogP contribution >= 0.6 is 23.2 Å². The fourth-order valence-corrected chi connectivity index (χ4v) is 1.74. The van der Waals surface area contributed by atoms with Crippen LogP contribution in [0.25, 0.3) is 11.4 Å². The molecule has 0 amide bonds. The highest BCUT2D eigenvalue weighted by molar-refractivity contribution is 6.33. The maximum Gasteiger partial charge on any atom is 0.152 e. The summed E-state index contributed by atoms with van der Waals surface area (Å²) in [6.07, 6.45) is 0. The van der Waals surface area contributed by atoms with E-state index in [1.165, 1.54) is 0 Å². The second kappa shape index (κ2) is 4.23. The lowest BCUT2D eigenvalue weighted by molar-refractivity contribution is 1.01. The van der Waals surface area contributed by atoms with Crippen molar-refractivity contribution in [2.75, 3.05) is 0 Å². The third-order valence-corrected chi connectivity index (χ3v) is 2.70. The van der Waals surface area contributed by atoms with Gasteiger partial charge in [0.1, 0.15) is 5.82 Å². The first-order valence-electron chi connectivity index (χ1n) is 4.41. The molecule has 1 aromatic heterocycles. The molecule has 5 heteroatoms. The van der Waals surface area contributed by atoms with Gasteiger partial charge in [0.15, 0.2) is 5.15 Å². The van der Waals surface area contributed by atoms with Crippen LogP contribution in [0.3, 0.4) is 0 Å². The van der Waals surface area contributed by atoms with E-state index < -0.39 is 0 Å². The van der Waals surface area contributed by atoms with Crippen LogP contribution in [0.4, 0.5) is 0 Å². The number of hydrogen-bond acceptors (Lipinski definition) is 2. The maximum absolute atomic E-state index is 6.03. The van der Waals surface area contributed by atoms with Crippen LogP contribution in [-0.4, -0.2) is 9.97 Å². The zero-order valence-corrected chi connectivity index (χ0v) is 9.31. The summed E-state index contributed by atoms with van der Waals surface area (Å²) in [6, 6.07) is 7.42. The molecule has 2 rings (SSSR count). The van der Waals surface area contributed by atoms with Crippen molar-refractivity contribution in [2.24, 2.45) is 5.73 Å². The summed E-state index contributed by atoms with van der Waals surface area (Å²) >= 11 is 11.9. The summed E-state index contributed by atoms with van der Waals surface area (Å²) < 4.78 is 0. The number of halogens is 2. The molecule has 1 heterocycles. The molecule has 0 atom stereocenters. The molecule has 0 bridgehead atoms. The molecular weight excluding hydrogens is 233 g/mol. The lowest BCUT2D eigenvalue weighted by atomic mass is 10.2. The normalized spacial score (nSPS) is 10.6. The van der Waals surface area contributed by atoms with Crippen LogP contribution in [0, 0.1) is 0 Å². The van der Waals surface area contributed by atoms with E-state index in [1.54, 1.807) is 6.07 Å². The van der Waals surface area contributed by atoms with Gasteiger partial charge in [0.2, 0.25) is 0 Å². The number of H-pyrrole nitrogens is 1. The summed E-state index contributed by atoms with van der Waals surface area (Å²) in [5.74, 6) is 0.644. The monoisotopic (exact) mass is 241 g/mol. The van der Waals surface area contributed by atoms with Gasteiger partial charge in [0, 0.05) is 12.1 Å². The summed E-state index contributed by atoms with van der Waals surface area (Å²) in [6.45, 7) is 0.330. The Morgan fingerprint density at radius 2 is 2.00 bits per heavy atom. The molecule has 0 radical (unpaired) electrons. The molecule has 0 aliphatic carbocycles. The summed E-state index contributed by atoms with van der Waals surface area (Å²) in [5, 5.41) is 1.03. The van der Waals surface area contributed by atoms with Gasteiger partial charge in [0.25, 0.3) is 0 Å². The van der Waals surface area contributed by atoms with Crippen molar-refractivity contribution in [1.82, 2.24) is 9.97 Å². The lowest BCUT2D eigenvalue weighted by Gasteiger charge is -1.98. The molecule has 3 N–H and O–H groups in total. The standard InChI is InChI=1S/C10H9Cl2N3/c11-7-4-2-1-3-6(7)10-14-8(5-13)9(12)15-10/h1-4H,5,13H2,(H,14,15). The summed E-state index contributed by atoms with van der Waals surface area (Å²) in [7, 11) is 0. The van der Waals surface area contributed by atoms with E-state index in [0.717, 1.165) is 5.56 Å². The van der Waals surface area contributed by atoms with Gasteiger partial charge in [0.05, 0.1) is 10.7 Å². The average molecular weight is 242 g/mol. The van der Waals surface area contributed by atoms with Gasteiger partial charge in [-0.05, 0) is 12.1 Å². The van der Waals surface area contributed by atoms with Crippen molar-refractivity contribution in [2.45, 2.75) is 6.54 Å². The minimum absolute atomic E-state index is 0.330. The zero-order valence-electron chi connectivity index (χ0n) is 7.80. The molecule has 0 spiro atoms. The fourth-order valence-electron chi connectivity index (χ4n) is 1.30. The van der Waals surface area contributed by atoms with Crippen LogP contribution in [-0.2, 0) is 6.54 Å². The van der Waals surface area contributed by atoms with Crippen molar-refractivity contribution >= 4 is 23.2 Å². The van der Waals surface area contributed by atoms with E-state index in [1.807, 2.05) is 18.2 Å². The topological polar surface area (TPSA) is 54.7 Å². The molecule has 2 aromatic rings. The highest BCUT2D eigenvalue weighted by Crippen LogP contribution is 2.27. The highest BCUT2D eigenvalue weighted by Gasteiger charge is 2.10. The maximum atomic E-state index is 6.03. The van der Waals surface area contributed by atoms with Gasteiger partial charge in [-0.25, -0.2) is 4.98 Å². The SMILES string of the molecule is NCc1[nH]c(-c2ccccc2Cl)nc1Cl. The van der Waals surface area contributed by atoms with Gasteiger partial charge in [-0.1, -0.05) is 35.3 Å². The Bertz CT molecular complexity index is 479. The van der Waals surface area contributed by atoms with Crippen molar-refractivity contribution in [1.29, 1.82) is 0 Å². The quantitative estimate of drug-likeness (QED) is 0.850. The fraction of sp³-hybridized carbons (Fsp3) is 0.100. The van der Waals surface area contributed by atoms with Gasteiger partial charge < -0.3 is 10.7 Å².